The summed E-state index contributed by atoms with van der Waals surface area (Å²) in [5, 5.41) is 3.22. The summed E-state index contributed by atoms with van der Waals surface area (Å²) in [4.78, 5) is 16.9. The largest absolute Gasteiger partial charge is 0.380 e. The normalized spacial score (nSPS) is 25.4. The molecule has 0 aliphatic carbocycles. The molecule has 6 nitrogen and oxygen atoms in total. The van der Waals surface area contributed by atoms with Crippen LogP contribution in [-0.4, -0.2) is 86.9 Å². The van der Waals surface area contributed by atoms with Crippen LogP contribution in [-0.2, 0) is 14.3 Å². The highest BCUT2D eigenvalue weighted by Gasteiger charge is 2.32. The summed E-state index contributed by atoms with van der Waals surface area (Å²) in [7, 11) is 0. The van der Waals surface area contributed by atoms with Gasteiger partial charge in [0, 0.05) is 51.9 Å². The maximum Gasteiger partial charge on any atom is 0.253 e. The Labute approximate surface area is 152 Å². The summed E-state index contributed by atoms with van der Waals surface area (Å²) >= 11 is 0. The van der Waals surface area contributed by atoms with Crippen molar-refractivity contribution in [2.75, 3.05) is 59.1 Å². The number of hydrogen-bond donors (Lipinski definition) is 1. The molecule has 2 saturated heterocycles. The van der Waals surface area contributed by atoms with Gasteiger partial charge >= 0.3 is 0 Å². The SMILES string of the molecule is CCOCCN1CCN(C(=O)C2CNCCO2)CC1CC.Cl.Cl. The van der Waals surface area contributed by atoms with E-state index in [0.29, 0.717) is 19.2 Å². The molecule has 0 aromatic heterocycles. The van der Waals surface area contributed by atoms with E-state index in [9.17, 15) is 4.79 Å². The number of carbonyl (C=O) groups excluding carboxylic acids is 1. The van der Waals surface area contributed by atoms with Gasteiger partial charge in [0.15, 0.2) is 0 Å². The van der Waals surface area contributed by atoms with E-state index in [1.165, 1.54) is 0 Å². The number of ether oxygens (including phenoxy) is 2. The molecular weight excluding hydrogens is 341 g/mol. The zero-order valence-electron chi connectivity index (χ0n) is 14.2. The summed E-state index contributed by atoms with van der Waals surface area (Å²) in [6.45, 7) is 11.3. The summed E-state index contributed by atoms with van der Waals surface area (Å²) in [5.41, 5.74) is 0. The third-order valence-electron chi connectivity index (χ3n) is 4.32. The molecule has 2 aliphatic heterocycles. The molecule has 0 spiro atoms. The Hall–Kier alpha value is -0.110. The molecule has 1 amide bonds. The average Bonchev–Trinajstić information content (AvgIpc) is 2.55. The van der Waals surface area contributed by atoms with Gasteiger partial charge in [0.1, 0.15) is 6.10 Å². The summed E-state index contributed by atoms with van der Waals surface area (Å²) in [6.07, 6.45) is 0.755. The van der Waals surface area contributed by atoms with Gasteiger partial charge in [-0.05, 0) is 13.3 Å². The molecule has 2 aliphatic rings. The minimum atomic E-state index is -0.300. The van der Waals surface area contributed by atoms with Crippen LogP contribution in [0.4, 0.5) is 0 Å². The van der Waals surface area contributed by atoms with Crippen molar-refractivity contribution < 1.29 is 14.3 Å². The lowest BCUT2D eigenvalue weighted by Crippen LogP contribution is -2.58. The fourth-order valence-electron chi connectivity index (χ4n) is 3.03. The van der Waals surface area contributed by atoms with Gasteiger partial charge in [-0.1, -0.05) is 6.92 Å². The lowest BCUT2D eigenvalue weighted by Gasteiger charge is -2.42. The van der Waals surface area contributed by atoms with Crippen molar-refractivity contribution in [3.63, 3.8) is 0 Å². The third-order valence-corrected chi connectivity index (χ3v) is 4.32. The van der Waals surface area contributed by atoms with E-state index < -0.39 is 0 Å². The van der Waals surface area contributed by atoms with Gasteiger partial charge < -0.3 is 19.7 Å². The molecular formula is C15H31Cl2N3O3. The van der Waals surface area contributed by atoms with Crippen molar-refractivity contribution in [3.05, 3.63) is 0 Å². The molecule has 2 heterocycles. The topological polar surface area (TPSA) is 54.0 Å². The van der Waals surface area contributed by atoms with E-state index in [0.717, 1.165) is 52.4 Å². The van der Waals surface area contributed by atoms with E-state index in [2.05, 4.69) is 17.1 Å². The van der Waals surface area contributed by atoms with Crippen molar-refractivity contribution >= 4 is 30.7 Å². The Morgan fingerprint density at radius 1 is 1.30 bits per heavy atom. The Morgan fingerprint density at radius 3 is 2.70 bits per heavy atom. The highest BCUT2D eigenvalue weighted by atomic mass is 35.5. The van der Waals surface area contributed by atoms with E-state index in [1.54, 1.807) is 0 Å². The molecule has 2 rings (SSSR count). The third kappa shape index (κ3) is 6.72. The van der Waals surface area contributed by atoms with E-state index in [4.69, 9.17) is 9.47 Å². The van der Waals surface area contributed by atoms with Crippen LogP contribution in [0.15, 0.2) is 0 Å². The number of nitrogens with one attached hydrogen (secondary N) is 1. The number of nitrogens with zero attached hydrogens (tertiary/aromatic N) is 2. The molecule has 0 radical (unpaired) electrons. The molecule has 2 atom stereocenters. The fraction of sp³-hybridized carbons (Fsp3) is 0.933. The summed E-state index contributed by atoms with van der Waals surface area (Å²) < 4.78 is 11.0. The van der Waals surface area contributed by atoms with E-state index >= 15 is 0 Å². The summed E-state index contributed by atoms with van der Waals surface area (Å²) in [6, 6.07) is 0.430. The molecule has 0 saturated carbocycles. The minimum Gasteiger partial charge on any atom is -0.380 e. The van der Waals surface area contributed by atoms with E-state index in [1.807, 2.05) is 11.8 Å². The molecule has 0 aromatic rings. The van der Waals surface area contributed by atoms with Crippen LogP contribution in [0, 0.1) is 0 Å². The monoisotopic (exact) mass is 371 g/mol. The Balaban J connectivity index is 0.00000242. The molecule has 0 bridgehead atoms. The Kier molecular flexibility index (Phi) is 12.2. The predicted octanol–water partition coefficient (Wildman–Crippen LogP) is 0.778. The van der Waals surface area contributed by atoms with Gasteiger partial charge in [0.25, 0.3) is 5.91 Å². The number of rotatable bonds is 6. The number of carbonyl (C=O) groups is 1. The smallest absolute Gasteiger partial charge is 0.253 e. The van der Waals surface area contributed by atoms with Crippen molar-refractivity contribution in [2.45, 2.75) is 32.4 Å². The number of piperazine rings is 1. The van der Waals surface area contributed by atoms with Crippen LogP contribution in [0.5, 0.6) is 0 Å². The standard InChI is InChI=1S/C15H29N3O3.2ClH/c1-3-13-12-18(7-6-17(13)8-10-20-4-2)15(19)14-11-16-5-9-21-14;;/h13-14,16H,3-12H2,1-2H3;2*1H. The van der Waals surface area contributed by atoms with Gasteiger partial charge in [0.05, 0.1) is 13.2 Å². The van der Waals surface area contributed by atoms with Crippen LogP contribution in [0.2, 0.25) is 0 Å². The second-order valence-electron chi connectivity index (χ2n) is 5.64. The number of hydrogen-bond acceptors (Lipinski definition) is 5. The second kappa shape index (κ2) is 12.3. The zero-order chi connectivity index (χ0) is 15.1. The first-order valence-corrected chi connectivity index (χ1v) is 8.19. The summed E-state index contributed by atoms with van der Waals surface area (Å²) in [5.74, 6) is 0.144. The van der Waals surface area contributed by atoms with Gasteiger partial charge in [-0.2, -0.15) is 0 Å². The maximum atomic E-state index is 12.5. The van der Waals surface area contributed by atoms with Crippen molar-refractivity contribution in [3.8, 4) is 0 Å². The second-order valence-corrected chi connectivity index (χ2v) is 5.64. The van der Waals surface area contributed by atoms with Gasteiger partial charge in [-0.15, -0.1) is 24.8 Å². The molecule has 138 valence electrons. The highest BCUT2D eigenvalue weighted by molar-refractivity contribution is 5.85. The van der Waals surface area contributed by atoms with Crippen LogP contribution in [0.3, 0.4) is 0 Å². The van der Waals surface area contributed by atoms with Crippen molar-refractivity contribution in [1.29, 1.82) is 0 Å². The lowest BCUT2D eigenvalue weighted by molar-refractivity contribution is -0.148. The van der Waals surface area contributed by atoms with E-state index in [-0.39, 0.29) is 36.8 Å². The zero-order valence-corrected chi connectivity index (χ0v) is 15.8. The van der Waals surface area contributed by atoms with Gasteiger partial charge in [-0.3, -0.25) is 9.69 Å². The molecule has 8 heteroatoms. The number of morpholine rings is 1. The van der Waals surface area contributed by atoms with Crippen molar-refractivity contribution in [2.24, 2.45) is 0 Å². The number of halogens is 2. The predicted molar refractivity (Wildman–Crippen MR) is 95.8 cm³/mol. The van der Waals surface area contributed by atoms with Crippen LogP contribution in [0.25, 0.3) is 0 Å². The van der Waals surface area contributed by atoms with Crippen LogP contribution >= 0.6 is 24.8 Å². The number of amides is 1. The Morgan fingerprint density at radius 2 is 2.09 bits per heavy atom. The first-order chi connectivity index (χ1) is 10.3. The Bertz CT molecular complexity index is 331. The quantitative estimate of drug-likeness (QED) is 0.699. The first kappa shape index (κ1) is 22.9. The maximum absolute atomic E-state index is 12.5. The lowest BCUT2D eigenvalue weighted by atomic mass is 10.1. The first-order valence-electron chi connectivity index (χ1n) is 8.19. The van der Waals surface area contributed by atoms with Gasteiger partial charge in [-0.25, -0.2) is 0 Å². The van der Waals surface area contributed by atoms with Crippen LogP contribution in [0.1, 0.15) is 20.3 Å². The fourth-order valence-corrected chi connectivity index (χ4v) is 3.03. The molecule has 2 fully saturated rings. The average molecular weight is 372 g/mol. The van der Waals surface area contributed by atoms with Gasteiger partial charge in [0.2, 0.25) is 0 Å². The molecule has 0 aromatic carbocycles. The molecule has 2 unspecified atom stereocenters. The molecule has 1 N–H and O–H groups in total. The van der Waals surface area contributed by atoms with Crippen LogP contribution < -0.4 is 5.32 Å². The van der Waals surface area contributed by atoms with Crippen molar-refractivity contribution in [1.82, 2.24) is 15.1 Å². The highest BCUT2D eigenvalue weighted by Crippen LogP contribution is 2.14. The minimum absolute atomic E-state index is 0. The molecule has 23 heavy (non-hydrogen) atoms.